The molecule has 0 saturated carbocycles. The molecular weight excluding hydrogens is 602 g/mol. The van der Waals surface area contributed by atoms with E-state index in [-0.39, 0.29) is 30.9 Å². The predicted molar refractivity (Wildman–Crippen MR) is 188 cm³/mol. The number of nitrogens with zero attached hydrogens (tertiary/aromatic N) is 3. The van der Waals surface area contributed by atoms with Gasteiger partial charge in [-0.2, -0.15) is 0 Å². The smallest absolute Gasteiger partial charge is 0.253 e. The van der Waals surface area contributed by atoms with Crippen LogP contribution in [0.25, 0.3) is 10.8 Å². The Balaban J connectivity index is 1.49. The first kappa shape index (κ1) is 33.6. The lowest BCUT2D eigenvalue weighted by atomic mass is 9.64. The molecule has 0 aromatic heterocycles. The first-order chi connectivity index (χ1) is 23.3. The summed E-state index contributed by atoms with van der Waals surface area (Å²) in [6, 6.07) is 21.8. The first-order valence-electron chi connectivity index (χ1n) is 17.3. The van der Waals surface area contributed by atoms with E-state index in [1.807, 2.05) is 86.6 Å². The number of ether oxygens (including phenoxy) is 1. The summed E-state index contributed by atoms with van der Waals surface area (Å²) >= 11 is 0. The second-order valence-electron chi connectivity index (χ2n) is 13.4. The number of amides is 3. The van der Waals surface area contributed by atoms with Crippen LogP contribution in [0.2, 0.25) is 0 Å². The maximum atomic E-state index is 15.2. The summed E-state index contributed by atoms with van der Waals surface area (Å²) in [6.45, 7) is 12.6. The molecule has 3 aliphatic heterocycles. The summed E-state index contributed by atoms with van der Waals surface area (Å²) in [5.74, 6) is -2.34. The summed E-state index contributed by atoms with van der Waals surface area (Å²) in [6.07, 6.45) is 6.07. The van der Waals surface area contributed by atoms with Gasteiger partial charge in [0.2, 0.25) is 11.8 Å². The fourth-order valence-electron chi connectivity index (χ4n) is 8.70. The number of benzene rings is 3. The average Bonchev–Trinajstić information content (AvgIpc) is 3.72. The van der Waals surface area contributed by atoms with Gasteiger partial charge in [0.1, 0.15) is 11.6 Å². The number of aliphatic hydroxyl groups excluding tert-OH is 1. The van der Waals surface area contributed by atoms with E-state index in [4.69, 9.17) is 4.74 Å². The van der Waals surface area contributed by atoms with Crippen molar-refractivity contribution in [3.8, 4) is 0 Å². The molecule has 6 atom stereocenters. The summed E-state index contributed by atoms with van der Waals surface area (Å²) in [4.78, 5) is 49.8. The minimum atomic E-state index is -1.23. The summed E-state index contributed by atoms with van der Waals surface area (Å²) < 4.78 is 7.08. The highest BCUT2D eigenvalue weighted by Crippen LogP contribution is 2.65. The maximum absolute atomic E-state index is 15.2. The molecule has 0 radical (unpaired) electrons. The molecule has 3 amide bonds. The zero-order valence-electron chi connectivity index (χ0n) is 28.1. The number of rotatable bonds is 14. The van der Waals surface area contributed by atoms with Crippen molar-refractivity contribution in [3.05, 3.63) is 104 Å². The topological polar surface area (TPSA) is 90.4 Å². The summed E-state index contributed by atoms with van der Waals surface area (Å²) in [7, 11) is 0. The largest absolute Gasteiger partial charge is 0.394 e. The number of hydrogen-bond acceptors (Lipinski definition) is 5. The number of likely N-dealkylation sites (tertiary alicyclic amines) is 1. The predicted octanol–water partition coefficient (Wildman–Crippen LogP) is 5.54. The number of anilines is 1. The van der Waals surface area contributed by atoms with Gasteiger partial charge in [0.25, 0.3) is 5.91 Å². The highest BCUT2D eigenvalue weighted by atomic mass is 16.5. The van der Waals surface area contributed by atoms with Crippen molar-refractivity contribution in [2.75, 3.05) is 31.1 Å². The standard InChI is InChI=1S/C40H47N3O5/c1-5-22-41(23-6-2)36(45)33-34-37(46)43(32(27-44)25-28-14-10-9-11-15-28)35(40(34)21-20-39(33,8-4)48-40)38(47)42(24-7-3)31-19-18-29-16-12-13-17-30(29)26-31/h5,7,9-19,26,32-35,44H,1,3,6,8,20-25,27H2,2,4H3/t32-,33+,34+,35?,39-,40?/m1/s1. The molecule has 3 aliphatic rings. The van der Waals surface area contributed by atoms with Gasteiger partial charge in [-0.1, -0.05) is 86.7 Å². The molecule has 2 unspecified atom stereocenters. The molecule has 3 aromatic carbocycles. The van der Waals surface area contributed by atoms with Crippen LogP contribution in [0.1, 0.15) is 45.1 Å². The van der Waals surface area contributed by atoms with Crippen molar-refractivity contribution in [1.82, 2.24) is 9.80 Å². The lowest BCUT2D eigenvalue weighted by Crippen LogP contribution is -2.59. The van der Waals surface area contributed by atoms with Crippen molar-refractivity contribution in [2.24, 2.45) is 11.8 Å². The third-order valence-corrected chi connectivity index (χ3v) is 10.8. The monoisotopic (exact) mass is 649 g/mol. The number of fused-ring (bicyclic) bond motifs is 2. The second-order valence-corrected chi connectivity index (χ2v) is 13.4. The minimum Gasteiger partial charge on any atom is -0.394 e. The molecule has 1 spiro atoms. The Hall–Kier alpha value is -4.27. The van der Waals surface area contributed by atoms with Crippen LogP contribution in [-0.2, 0) is 25.5 Å². The first-order valence-corrected chi connectivity index (χ1v) is 17.3. The van der Waals surface area contributed by atoms with E-state index in [1.165, 1.54) is 0 Å². The molecular formula is C40H47N3O5. The van der Waals surface area contributed by atoms with Crippen LogP contribution in [0, 0.1) is 11.8 Å². The number of carbonyl (C=O) groups is 3. The van der Waals surface area contributed by atoms with E-state index in [0.717, 1.165) is 22.8 Å². The molecule has 3 heterocycles. The highest BCUT2D eigenvalue weighted by molar-refractivity contribution is 6.06. The Labute approximate surface area is 283 Å². The quantitative estimate of drug-likeness (QED) is 0.232. The molecule has 8 nitrogen and oxygen atoms in total. The maximum Gasteiger partial charge on any atom is 0.253 e. The van der Waals surface area contributed by atoms with Gasteiger partial charge in [-0.25, -0.2) is 0 Å². The molecule has 1 N–H and O–H groups in total. The molecule has 2 bridgehead atoms. The van der Waals surface area contributed by atoms with Crippen molar-refractivity contribution >= 4 is 34.2 Å². The number of carbonyl (C=O) groups excluding carboxylic acids is 3. The van der Waals surface area contributed by atoms with Gasteiger partial charge < -0.3 is 24.5 Å². The molecule has 3 fully saturated rings. The van der Waals surface area contributed by atoms with Crippen LogP contribution in [0.3, 0.4) is 0 Å². The van der Waals surface area contributed by atoms with Crippen LogP contribution in [0.15, 0.2) is 98.1 Å². The van der Waals surface area contributed by atoms with E-state index in [9.17, 15) is 9.90 Å². The molecule has 3 aromatic rings. The van der Waals surface area contributed by atoms with Crippen molar-refractivity contribution in [1.29, 1.82) is 0 Å². The van der Waals surface area contributed by atoms with E-state index >= 15 is 9.59 Å². The Kier molecular flexibility index (Phi) is 9.59. The van der Waals surface area contributed by atoms with Crippen LogP contribution in [-0.4, -0.2) is 82.2 Å². The SMILES string of the molecule is C=CCN(CCC)C(=O)[C@@H]1[C@H]2C(=O)N([C@@H](CO)Cc3ccccc3)C(C(=O)N(CC=C)c3ccc4ccccc4c3)C23CC[C@@]1(CC)O3. The third kappa shape index (κ3) is 5.45. The molecule has 252 valence electrons. The number of aliphatic hydroxyl groups is 1. The van der Waals surface area contributed by atoms with Crippen LogP contribution in [0.5, 0.6) is 0 Å². The van der Waals surface area contributed by atoms with Crippen molar-refractivity contribution in [2.45, 2.75) is 69.2 Å². The van der Waals surface area contributed by atoms with Crippen molar-refractivity contribution in [3.63, 3.8) is 0 Å². The van der Waals surface area contributed by atoms with Gasteiger partial charge in [0, 0.05) is 25.3 Å². The van der Waals surface area contributed by atoms with Crippen molar-refractivity contribution < 1.29 is 24.2 Å². The molecule has 6 rings (SSSR count). The Morgan fingerprint density at radius 1 is 0.979 bits per heavy atom. The normalized spacial score (nSPS) is 26.4. The summed E-state index contributed by atoms with van der Waals surface area (Å²) in [5, 5.41) is 12.9. The van der Waals surface area contributed by atoms with Gasteiger partial charge in [-0.3, -0.25) is 14.4 Å². The zero-order valence-corrected chi connectivity index (χ0v) is 28.1. The van der Waals surface area contributed by atoms with Crippen LogP contribution < -0.4 is 4.90 Å². The Bertz CT molecular complexity index is 1690. The lowest BCUT2D eigenvalue weighted by molar-refractivity contribution is -0.153. The van der Waals surface area contributed by atoms with Crippen LogP contribution >= 0.6 is 0 Å². The van der Waals surface area contributed by atoms with Crippen LogP contribution in [0.4, 0.5) is 5.69 Å². The van der Waals surface area contributed by atoms with E-state index in [0.29, 0.717) is 44.5 Å². The second kappa shape index (κ2) is 13.7. The highest BCUT2D eigenvalue weighted by Gasteiger charge is 2.79. The summed E-state index contributed by atoms with van der Waals surface area (Å²) in [5.41, 5.74) is -0.475. The Morgan fingerprint density at radius 3 is 2.35 bits per heavy atom. The fourth-order valence-corrected chi connectivity index (χ4v) is 8.70. The van der Waals surface area contributed by atoms with E-state index < -0.39 is 35.1 Å². The van der Waals surface area contributed by atoms with Gasteiger partial charge in [-0.15, -0.1) is 13.2 Å². The van der Waals surface area contributed by atoms with Gasteiger partial charge in [0.15, 0.2) is 0 Å². The fraction of sp³-hybridized carbons (Fsp3) is 0.425. The van der Waals surface area contributed by atoms with E-state index in [1.54, 1.807) is 26.9 Å². The average molecular weight is 650 g/mol. The molecule has 3 saturated heterocycles. The third-order valence-electron chi connectivity index (χ3n) is 10.8. The molecule has 48 heavy (non-hydrogen) atoms. The minimum absolute atomic E-state index is 0.132. The van der Waals surface area contributed by atoms with Gasteiger partial charge in [0.05, 0.1) is 30.1 Å². The van der Waals surface area contributed by atoms with E-state index in [2.05, 4.69) is 13.2 Å². The Morgan fingerprint density at radius 2 is 1.69 bits per heavy atom. The zero-order chi connectivity index (χ0) is 34.1. The lowest BCUT2D eigenvalue weighted by Gasteiger charge is -2.39. The molecule has 8 heteroatoms. The van der Waals surface area contributed by atoms with Gasteiger partial charge in [-0.05, 0) is 60.6 Å². The molecule has 0 aliphatic carbocycles. The number of hydrogen-bond donors (Lipinski definition) is 1. The van der Waals surface area contributed by atoms with Gasteiger partial charge >= 0.3 is 0 Å².